The topological polar surface area (TPSA) is 49.4 Å². The molecule has 0 amide bonds. The molecule has 1 aromatic carbocycles. The maximum Gasteiger partial charge on any atom is 0.214 e. The molecule has 1 saturated carbocycles. The maximum absolute atomic E-state index is 12.5. The Bertz CT molecular complexity index is 576. The van der Waals surface area contributed by atoms with E-state index in [2.05, 4.69) is 33.9 Å². The fraction of sp³-hybridized carbons (Fsp3) is 0.667. The molecule has 2 fully saturated rings. The number of likely N-dealkylation sites (tertiary alicyclic amines) is 1. The summed E-state index contributed by atoms with van der Waals surface area (Å²) in [7, 11) is -3.15. The number of rotatable bonds is 7. The second kappa shape index (κ2) is 7.77. The quantitative estimate of drug-likeness (QED) is 0.832. The van der Waals surface area contributed by atoms with E-state index in [1.165, 1.54) is 18.4 Å². The van der Waals surface area contributed by atoms with Gasteiger partial charge in [-0.2, -0.15) is 0 Å². The summed E-state index contributed by atoms with van der Waals surface area (Å²) in [5.41, 5.74) is 1.28. The molecule has 128 valence electrons. The number of sulfonamides is 1. The van der Waals surface area contributed by atoms with Crippen molar-refractivity contribution in [2.45, 2.75) is 56.2 Å². The summed E-state index contributed by atoms with van der Waals surface area (Å²) >= 11 is 0. The Morgan fingerprint density at radius 3 is 2.35 bits per heavy atom. The summed E-state index contributed by atoms with van der Waals surface area (Å²) in [5.74, 6) is 0. The fourth-order valence-corrected chi connectivity index (χ4v) is 5.47. The molecule has 2 aliphatic rings. The predicted octanol–water partition coefficient (Wildman–Crippen LogP) is 2.56. The maximum atomic E-state index is 12.5. The lowest BCUT2D eigenvalue weighted by molar-refractivity contribution is 0.241. The first-order valence-electron chi connectivity index (χ1n) is 8.91. The summed E-state index contributed by atoms with van der Waals surface area (Å²) in [5, 5.41) is -0.168. The van der Waals surface area contributed by atoms with Gasteiger partial charge in [0.2, 0.25) is 10.0 Å². The van der Waals surface area contributed by atoms with E-state index in [0.29, 0.717) is 6.54 Å². The van der Waals surface area contributed by atoms with Gasteiger partial charge in [-0.1, -0.05) is 43.2 Å². The molecule has 1 aliphatic carbocycles. The zero-order valence-electron chi connectivity index (χ0n) is 13.8. The molecule has 1 aliphatic heterocycles. The first-order chi connectivity index (χ1) is 11.1. The van der Waals surface area contributed by atoms with Gasteiger partial charge in [0.05, 0.1) is 5.25 Å². The van der Waals surface area contributed by atoms with Gasteiger partial charge in [-0.15, -0.1) is 0 Å². The first kappa shape index (κ1) is 16.9. The van der Waals surface area contributed by atoms with Crippen LogP contribution in [0.3, 0.4) is 0 Å². The highest BCUT2D eigenvalue weighted by Gasteiger charge is 2.30. The van der Waals surface area contributed by atoms with E-state index in [1.54, 1.807) is 0 Å². The SMILES string of the molecule is O=S(=O)(NCC(Cc1ccccc1)N1CCCC1)C1CCCC1. The van der Waals surface area contributed by atoms with Crippen LogP contribution in [0.15, 0.2) is 30.3 Å². The minimum Gasteiger partial charge on any atom is -0.299 e. The van der Waals surface area contributed by atoms with Crippen molar-refractivity contribution in [2.75, 3.05) is 19.6 Å². The summed E-state index contributed by atoms with van der Waals surface area (Å²) in [6, 6.07) is 10.7. The Morgan fingerprint density at radius 1 is 1.04 bits per heavy atom. The molecule has 0 aromatic heterocycles. The number of nitrogens with one attached hydrogen (secondary N) is 1. The lowest BCUT2D eigenvalue weighted by Crippen LogP contribution is -2.45. The molecule has 4 nitrogen and oxygen atoms in total. The molecule has 1 heterocycles. The molecule has 3 rings (SSSR count). The third-order valence-electron chi connectivity index (χ3n) is 5.23. The number of nitrogens with zero attached hydrogens (tertiary/aromatic N) is 1. The predicted molar refractivity (Wildman–Crippen MR) is 93.9 cm³/mol. The fourth-order valence-electron chi connectivity index (χ4n) is 3.85. The average Bonchev–Trinajstić information content (AvgIpc) is 3.25. The van der Waals surface area contributed by atoms with E-state index < -0.39 is 10.0 Å². The van der Waals surface area contributed by atoms with Crippen LogP contribution < -0.4 is 4.72 Å². The van der Waals surface area contributed by atoms with Gasteiger partial charge in [-0.3, -0.25) is 4.90 Å². The van der Waals surface area contributed by atoms with Crippen molar-refractivity contribution in [3.05, 3.63) is 35.9 Å². The van der Waals surface area contributed by atoms with Gasteiger partial charge in [0.25, 0.3) is 0 Å². The van der Waals surface area contributed by atoms with E-state index in [1.807, 2.05) is 6.07 Å². The van der Waals surface area contributed by atoms with Crippen LogP contribution in [0.25, 0.3) is 0 Å². The van der Waals surface area contributed by atoms with Crippen molar-refractivity contribution in [3.63, 3.8) is 0 Å². The van der Waals surface area contributed by atoms with Crippen LogP contribution in [0.2, 0.25) is 0 Å². The third-order valence-corrected chi connectivity index (χ3v) is 7.15. The highest BCUT2D eigenvalue weighted by molar-refractivity contribution is 7.90. The molecule has 0 bridgehead atoms. The molecule has 1 N–H and O–H groups in total. The number of hydrogen-bond donors (Lipinski definition) is 1. The Balaban J connectivity index is 1.63. The van der Waals surface area contributed by atoms with Gasteiger partial charge in [-0.05, 0) is 50.8 Å². The van der Waals surface area contributed by atoms with Crippen molar-refractivity contribution in [2.24, 2.45) is 0 Å². The van der Waals surface area contributed by atoms with Crippen LogP contribution in [0.1, 0.15) is 44.1 Å². The van der Waals surface area contributed by atoms with Crippen LogP contribution in [0, 0.1) is 0 Å². The van der Waals surface area contributed by atoms with Crippen LogP contribution >= 0.6 is 0 Å². The van der Waals surface area contributed by atoms with Crippen molar-refractivity contribution in [3.8, 4) is 0 Å². The van der Waals surface area contributed by atoms with Crippen LogP contribution in [-0.4, -0.2) is 44.2 Å². The van der Waals surface area contributed by atoms with Gasteiger partial charge in [0, 0.05) is 12.6 Å². The van der Waals surface area contributed by atoms with Crippen molar-refractivity contribution < 1.29 is 8.42 Å². The van der Waals surface area contributed by atoms with E-state index in [9.17, 15) is 8.42 Å². The van der Waals surface area contributed by atoms with E-state index in [-0.39, 0.29) is 11.3 Å². The zero-order valence-corrected chi connectivity index (χ0v) is 14.6. The van der Waals surface area contributed by atoms with Gasteiger partial charge >= 0.3 is 0 Å². The van der Waals surface area contributed by atoms with Gasteiger partial charge in [0.15, 0.2) is 0 Å². The van der Waals surface area contributed by atoms with Crippen molar-refractivity contribution in [1.82, 2.24) is 9.62 Å². The minimum absolute atomic E-state index is 0.168. The highest BCUT2D eigenvalue weighted by Crippen LogP contribution is 2.24. The molecule has 1 saturated heterocycles. The third kappa shape index (κ3) is 4.55. The van der Waals surface area contributed by atoms with Gasteiger partial charge < -0.3 is 0 Å². The molecule has 1 unspecified atom stereocenters. The molecule has 1 atom stereocenters. The zero-order chi connectivity index (χ0) is 16.1. The summed E-state index contributed by atoms with van der Waals surface area (Å²) < 4.78 is 27.9. The number of benzene rings is 1. The molecule has 0 spiro atoms. The van der Waals surface area contributed by atoms with Crippen LogP contribution in [0.5, 0.6) is 0 Å². The number of hydrogen-bond acceptors (Lipinski definition) is 3. The highest BCUT2D eigenvalue weighted by atomic mass is 32.2. The standard InChI is InChI=1S/C18H28N2O2S/c21-23(22,18-10-4-5-11-18)19-15-17(20-12-6-7-13-20)14-16-8-2-1-3-9-16/h1-3,8-9,17-19H,4-7,10-15H2. The lowest BCUT2D eigenvalue weighted by atomic mass is 10.1. The molecule has 5 heteroatoms. The molecule has 0 radical (unpaired) electrons. The molecule has 23 heavy (non-hydrogen) atoms. The van der Waals surface area contributed by atoms with Crippen molar-refractivity contribution in [1.29, 1.82) is 0 Å². The second-order valence-electron chi connectivity index (χ2n) is 6.89. The molecule has 1 aromatic rings. The molecular formula is C18H28N2O2S. The summed E-state index contributed by atoms with van der Waals surface area (Å²) in [6.07, 6.45) is 7.09. The largest absolute Gasteiger partial charge is 0.299 e. The lowest BCUT2D eigenvalue weighted by Gasteiger charge is -2.28. The smallest absolute Gasteiger partial charge is 0.214 e. The van der Waals surface area contributed by atoms with E-state index >= 15 is 0 Å². The van der Waals surface area contributed by atoms with Crippen LogP contribution in [-0.2, 0) is 16.4 Å². The monoisotopic (exact) mass is 336 g/mol. The van der Waals surface area contributed by atoms with E-state index in [4.69, 9.17) is 0 Å². The van der Waals surface area contributed by atoms with Crippen LogP contribution in [0.4, 0.5) is 0 Å². The molecular weight excluding hydrogens is 308 g/mol. The Morgan fingerprint density at radius 2 is 1.70 bits per heavy atom. The van der Waals surface area contributed by atoms with Crippen molar-refractivity contribution >= 4 is 10.0 Å². The summed E-state index contributed by atoms with van der Waals surface area (Å²) in [4.78, 5) is 2.45. The van der Waals surface area contributed by atoms with Gasteiger partial charge in [0.1, 0.15) is 0 Å². The Labute approximate surface area is 140 Å². The Hall–Kier alpha value is -0.910. The minimum atomic E-state index is -3.15. The van der Waals surface area contributed by atoms with Gasteiger partial charge in [-0.25, -0.2) is 13.1 Å². The Kier molecular flexibility index (Phi) is 5.72. The first-order valence-corrected chi connectivity index (χ1v) is 10.5. The normalized spacial score (nSPS) is 21.7. The summed E-state index contributed by atoms with van der Waals surface area (Å²) in [6.45, 7) is 2.71. The average molecular weight is 337 g/mol. The second-order valence-corrected chi connectivity index (χ2v) is 8.93. The van der Waals surface area contributed by atoms with E-state index in [0.717, 1.165) is 45.2 Å².